The highest BCUT2D eigenvalue weighted by Crippen LogP contribution is 2.19. The quantitative estimate of drug-likeness (QED) is 0.765. The number of carbonyl (C=O) groups is 3. The summed E-state index contributed by atoms with van der Waals surface area (Å²) >= 11 is 0. The number of ether oxygens (including phenoxy) is 1. The average Bonchev–Trinajstić information content (AvgIpc) is 3.17. The lowest BCUT2D eigenvalue weighted by Gasteiger charge is -2.12. The van der Waals surface area contributed by atoms with E-state index in [-0.39, 0.29) is 11.5 Å². The number of para-hydroxylation sites is 1. The Morgan fingerprint density at radius 3 is 2.58 bits per heavy atom. The minimum Gasteiger partial charge on any atom is -0.368 e. The van der Waals surface area contributed by atoms with Crippen LogP contribution in [0.5, 0.6) is 0 Å². The zero-order valence-corrected chi connectivity index (χ0v) is 14.0. The predicted molar refractivity (Wildman–Crippen MR) is 97.0 cm³/mol. The van der Waals surface area contributed by atoms with Gasteiger partial charge in [0.05, 0.1) is 11.3 Å². The third kappa shape index (κ3) is 4.07. The molecule has 0 spiro atoms. The maximum atomic E-state index is 12.5. The van der Waals surface area contributed by atoms with Crippen molar-refractivity contribution in [3.05, 3.63) is 59.7 Å². The van der Waals surface area contributed by atoms with Crippen molar-refractivity contribution in [1.29, 1.82) is 0 Å². The van der Waals surface area contributed by atoms with Crippen LogP contribution in [-0.2, 0) is 9.53 Å². The first-order valence-corrected chi connectivity index (χ1v) is 8.27. The summed E-state index contributed by atoms with van der Waals surface area (Å²) in [4.78, 5) is 36.1. The lowest BCUT2D eigenvalue weighted by Crippen LogP contribution is -2.27. The molecule has 1 atom stereocenters. The van der Waals surface area contributed by atoms with Crippen molar-refractivity contribution in [1.82, 2.24) is 0 Å². The topological polar surface area (TPSA) is 111 Å². The van der Waals surface area contributed by atoms with Crippen LogP contribution in [0, 0.1) is 0 Å². The van der Waals surface area contributed by atoms with Crippen molar-refractivity contribution in [3.63, 3.8) is 0 Å². The van der Waals surface area contributed by atoms with E-state index in [1.807, 2.05) is 0 Å². The summed E-state index contributed by atoms with van der Waals surface area (Å²) in [5.74, 6) is -1.26. The number of benzene rings is 2. The summed E-state index contributed by atoms with van der Waals surface area (Å²) in [5, 5.41) is 5.42. The van der Waals surface area contributed by atoms with Crippen LogP contribution in [0.2, 0.25) is 0 Å². The third-order valence-corrected chi connectivity index (χ3v) is 4.06. The molecule has 0 aliphatic carbocycles. The first-order valence-electron chi connectivity index (χ1n) is 8.27. The minimum atomic E-state index is -0.626. The Balaban J connectivity index is 1.72. The second kappa shape index (κ2) is 7.79. The standard InChI is InChI=1S/C19H19N3O4/c20-17(23)14-7-1-2-8-15(14)22-18(24)12-5-3-6-13(11-12)21-19(25)16-9-4-10-26-16/h1-3,5-8,11,16H,4,9-10H2,(H2,20,23)(H,21,25)(H,22,24)/t16-/m0/s1. The number of nitrogens with one attached hydrogen (secondary N) is 2. The van der Waals surface area contributed by atoms with Gasteiger partial charge in [0.25, 0.3) is 17.7 Å². The summed E-state index contributed by atoms with van der Waals surface area (Å²) in [5.41, 5.74) is 6.72. The van der Waals surface area contributed by atoms with E-state index in [4.69, 9.17) is 10.5 Å². The lowest BCUT2D eigenvalue weighted by molar-refractivity contribution is -0.124. The van der Waals surface area contributed by atoms with E-state index in [1.165, 1.54) is 6.07 Å². The number of hydrogen-bond donors (Lipinski definition) is 3. The van der Waals surface area contributed by atoms with Gasteiger partial charge in [0.15, 0.2) is 0 Å². The molecular formula is C19H19N3O4. The smallest absolute Gasteiger partial charge is 0.255 e. The fourth-order valence-electron chi connectivity index (χ4n) is 2.75. The van der Waals surface area contributed by atoms with Crippen molar-refractivity contribution in [2.75, 3.05) is 17.2 Å². The van der Waals surface area contributed by atoms with E-state index in [9.17, 15) is 14.4 Å². The van der Waals surface area contributed by atoms with Gasteiger partial charge in [-0.15, -0.1) is 0 Å². The van der Waals surface area contributed by atoms with Crippen molar-refractivity contribution in [3.8, 4) is 0 Å². The zero-order valence-electron chi connectivity index (χ0n) is 14.0. The maximum Gasteiger partial charge on any atom is 0.255 e. The van der Waals surface area contributed by atoms with Gasteiger partial charge in [0, 0.05) is 17.9 Å². The molecule has 4 N–H and O–H groups in total. The van der Waals surface area contributed by atoms with Gasteiger partial charge in [0.1, 0.15) is 6.10 Å². The van der Waals surface area contributed by atoms with Gasteiger partial charge in [-0.3, -0.25) is 14.4 Å². The van der Waals surface area contributed by atoms with Crippen LogP contribution in [0.4, 0.5) is 11.4 Å². The molecule has 1 aliphatic rings. The Morgan fingerprint density at radius 2 is 1.85 bits per heavy atom. The first-order chi connectivity index (χ1) is 12.5. The number of amides is 3. The van der Waals surface area contributed by atoms with E-state index >= 15 is 0 Å². The van der Waals surface area contributed by atoms with Gasteiger partial charge in [-0.25, -0.2) is 0 Å². The zero-order chi connectivity index (χ0) is 18.5. The van der Waals surface area contributed by atoms with Crippen molar-refractivity contribution >= 4 is 29.1 Å². The highest BCUT2D eigenvalue weighted by Gasteiger charge is 2.23. The van der Waals surface area contributed by atoms with Crippen LogP contribution in [0.15, 0.2) is 48.5 Å². The highest BCUT2D eigenvalue weighted by molar-refractivity contribution is 6.09. The molecule has 2 aromatic rings. The van der Waals surface area contributed by atoms with Crippen LogP contribution in [0.3, 0.4) is 0 Å². The summed E-state index contributed by atoms with van der Waals surface area (Å²) in [6.45, 7) is 0.583. The molecule has 1 fully saturated rings. The van der Waals surface area contributed by atoms with Gasteiger partial charge in [-0.2, -0.15) is 0 Å². The van der Waals surface area contributed by atoms with Crippen molar-refractivity contribution < 1.29 is 19.1 Å². The van der Waals surface area contributed by atoms with Crippen molar-refractivity contribution in [2.45, 2.75) is 18.9 Å². The molecule has 26 heavy (non-hydrogen) atoms. The van der Waals surface area contributed by atoms with Gasteiger partial charge in [-0.1, -0.05) is 18.2 Å². The van der Waals surface area contributed by atoms with Crippen LogP contribution in [-0.4, -0.2) is 30.4 Å². The largest absolute Gasteiger partial charge is 0.368 e. The molecular weight excluding hydrogens is 334 g/mol. The normalized spacial score (nSPS) is 16.1. The van der Waals surface area contributed by atoms with Crippen LogP contribution in [0.25, 0.3) is 0 Å². The van der Waals surface area contributed by atoms with E-state index in [0.29, 0.717) is 30.0 Å². The van der Waals surface area contributed by atoms with Gasteiger partial charge in [-0.05, 0) is 43.2 Å². The Kier molecular flexibility index (Phi) is 5.28. The van der Waals surface area contributed by atoms with E-state index < -0.39 is 17.9 Å². The lowest BCUT2D eigenvalue weighted by atomic mass is 10.1. The molecule has 0 unspecified atom stereocenters. The van der Waals surface area contributed by atoms with Gasteiger partial charge in [0.2, 0.25) is 0 Å². The molecule has 7 heteroatoms. The molecule has 1 saturated heterocycles. The number of hydrogen-bond acceptors (Lipinski definition) is 4. The summed E-state index contributed by atoms with van der Waals surface area (Å²) in [6, 6.07) is 13.0. The Bertz CT molecular complexity index is 844. The molecule has 7 nitrogen and oxygen atoms in total. The van der Waals surface area contributed by atoms with Crippen molar-refractivity contribution in [2.24, 2.45) is 5.73 Å². The Morgan fingerprint density at radius 1 is 1.04 bits per heavy atom. The van der Waals surface area contributed by atoms with Gasteiger partial charge < -0.3 is 21.1 Å². The van der Waals surface area contributed by atoms with Crippen LogP contribution in [0.1, 0.15) is 33.6 Å². The fraction of sp³-hybridized carbons (Fsp3) is 0.211. The molecule has 0 saturated carbocycles. The number of carbonyl (C=O) groups excluding carboxylic acids is 3. The Hall–Kier alpha value is -3.19. The second-order valence-corrected chi connectivity index (χ2v) is 5.94. The number of anilines is 2. The SMILES string of the molecule is NC(=O)c1ccccc1NC(=O)c1cccc(NC(=O)[C@@H]2CCCO2)c1. The number of nitrogens with two attached hydrogens (primary N) is 1. The minimum absolute atomic E-state index is 0.223. The van der Waals surface area contributed by atoms with Crippen LogP contribution < -0.4 is 16.4 Å². The second-order valence-electron chi connectivity index (χ2n) is 5.94. The molecule has 2 aromatic carbocycles. The number of primary amides is 1. The molecule has 1 heterocycles. The Labute approximate surface area is 150 Å². The van der Waals surface area contributed by atoms with E-state index in [2.05, 4.69) is 10.6 Å². The third-order valence-electron chi connectivity index (χ3n) is 4.06. The molecule has 3 amide bonds. The van der Waals surface area contributed by atoms with Crippen LogP contribution >= 0.6 is 0 Å². The van der Waals surface area contributed by atoms with E-state index in [1.54, 1.807) is 42.5 Å². The maximum absolute atomic E-state index is 12.5. The fourth-order valence-corrected chi connectivity index (χ4v) is 2.75. The predicted octanol–water partition coefficient (Wildman–Crippen LogP) is 2.16. The summed E-state index contributed by atoms with van der Waals surface area (Å²) in [7, 11) is 0. The molecule has 134 valence electrons. The molecule has 0 aromatic heterocycles. The molecule has 3 rings (SSSR count). The number of rotatable bonds is 5. The molecule has 1 aliphatic heterocycles. The average molecular weight is 353 g/mol. The highest BCUT2D eigenvalue weighted by atomic mass is 16.5. The van der Waals surface area contributed by atoms with Gasteiger partial charge >= 0.3 is 0 Å². The summed E-state index contributed by atoms with van der Waals surface area (Å²) < 4.78 is 5.34. The summed E-state index contributed by atoms with van der Waals surface area (Å²) in [6.07, 6.45) is 1.10. The monoisotopic (exact) mass is 353 g/mol. The molecule has 0 radical (unpaired) electrons. The molecule has 0 bridgehead atoms. The van der Waals surface area contributed by atoms with E-state index in [0.717, 1.165) is 6.42 Å². The first kappa shape index (κ1) is 17.6.